The van der Waals surface area contributed by atoms with Gasteiger partial charge >= 0.3 is 0 Å². The van der Waals surface area contributed by atoms with E-state index in [1.165, 1.54) is 12.8 Å². The van der Waals surface area contributed by atoms with Crippen LogP contribution in [0.1, 0.15) is 18.5 Å². The first-order chi connectivity index (χ1) is 6.95. The van der Waals surface area contributed by atoms with E-state index in [4.69, 9.17) is 4.74 Å². The molecule has 0 radical (unpaired) electrons. The Balaban J connectivity index is 1.67. The quantitative estimate of drug-likeness (QED) is 0.782. The van der Waals surface area contributed by atoms with E-state index in [1.54, 1.807) is 0 Å². The third-order valence-electron chi connectivity index (χ3n) is 2.43. The number of nitrogens with zero attached hydrogens (tertiary/aromatic N) is 1. The van der Waals surface area contributed by atoms with E-state index in [9.17, 15) is 0 Å². The van der Waals surface area contributed by atoms with Crippen LogP contribution < -0.4 is 5.32 Å². The lowest BCUT2D eigenvalue weighted by Gasteiger charge is -2.09. The Bertz CT molecular complexity index is 257. The van der Waals surface area contributed by atoms with Crippen molar-refractivity contribution in [3.05, 3.63) is 30.1 Å². The third kappa shape index (κ3) is 2.79. The number of hydrogen-bond donors (Lipinski definition) is 1. The Hall–Kier alpha value is -0.930. The van der Waals surface area contributed by atoms with Gasteiger partial charge in [-0.2, -0.15) is 0 Å². The van der Waals surface area contributed by atoms with Gasteiger partial charge in [0.05, 0.1) is 11.8 Å². The van der Waals surface area contributed by atoms with E-state index in [-0.39, 0.29) is 0 Å². The molecule has 1 N–H and O–H groups in total. The minimum atomic E-state index is 0.415. The zero-order chi connectivity index (χ0) is 9.64. The first-order valence-corrected chi connectivity index (χ1v) is 5.17. The van der Waals surface area contributed by atoms with Gasteiger partial charge in [0.25, 0.3) is 0 Å². The van der Waals surface area contributed by atoms with Crippen LogP contribution in [0.2, 0.25) is 0 Å². The van der Waals surface area contributed by atoms with Crippen molar-refractivity contribution in [3.63, 3.8) is 0 Å². The number of hydrogen-bond acceptors (Lipinski definition) is 3. The molecule has 1 saturated heterocycles. The third-order valence-corrected chi connectivity index (χ3v) is 2.43. The molecule has 3 heteroatoms. The summed E-state index contributed by atoms with van der Waals surface area (Å²) in [6, 6.07) is 5.97. The molecule has 0 saturated carbocycles. The van der Waals surface area contributed by atoms with Gasteiger partial charge in [0.2, 0.25) is 0 Å². The highest BCUT2D eigenvalue weighted by atomic mass is 16.5. The molecule has 0 amide bonds. The molecule has 1 aromatic heterocycles. The second-order valence-electron chi connectivity index (χ2n) is 3.59. The summed E-state index contributed by atoms with van der Waals surface area (Å²) in [5.74, 6) is 0. The summed E-state index contributed by atoms with van der Waals surface area (Å²) in [5.41, 5.74) is 1.09. The summed E-state index contributed by atoms with van der Waals surface area (Å²) in [6.07, 6.45) is 4.63. The van der Waals surface area contributed by atoms with Gasteiger partial charge in [0.15, 0.2) is 0 Å². The van der Waals surface area contributed by atoms with E-state index in [0.717, 1.165) is 25.4 Å². The van der Waals surface area contributed by atoms with Crippen molar-refractivity contribution in [3.8, 4) is 0 Å². The smallest absolute Gasteiger partial charge is 0.0700 e. The maximum absolute atomic E-state index is 5.51. The molecule has 0 unspecified atom stereocenters. The fourth-order valence-corrected chi connectivity index (χ4v) is 1.67. The standard InChI is InChI=1S/C11H16N2O/c1-2-6-13-10(4-1)8-12-9-11-5-3-7-14-11/h1-2,4,6,11-12H,3,5,7-9H2/t11-/m0/s1. The highest BCUT2D eigenvalue weighted by Crippen LogP contribution is 2.10. The van der Waals surface area contributed by atoms with Crippen molar-refractivity contribution in [2.24, 2.45) is 0 Å². The lowest BCUT2D eigenvalue weighted by Crippen LogP contribution is -2.26. The molecule has 76 valence electrons. The van der Waals surface area contributed by atoms with Crippen molar-refractivity contribution in [2.45, 2.75) is 25.5 Å². The highest BCUT2D eigenvalue weighted by Gasteiger charge is 2.14. The average molecular weight is 192 g/mol. The molecule has 2 rings (SSSR count). The maximum atomic E-state index is 5.51. The van der Waals surface area contributed by atoms with Crippen LogP contribution in [-0.4, -0.2) is 24.2 Å². The molecule has 1 atom stereocenters. The molecule has 0 bridgehead atoms. The summed E-state index contributed by atoms with van der Waals surface area (Å²) >= 11 is 0. The van der Waals surface area contributed by atoms with E-state index < -0.39 is 0 Å². The minimum Gasteiger partial charge on any atom is -0.377 e. The van der Waals surface area contributed by atoms with Gasteiger partial charge < -0.3 is 10.1 Å². The van der Waals surface area contributed by atoms with Crippen LogP contribution >= 0.6 is 0 Å². The van der Waals surface area contributed by atoms with Gasteiger partial charge in [0, 0.05) is 25.9 Å². The Morgan fingerprint density at radius 3 is 3.21 bits per heavy atom. The van der Waals surface area contributed by atoms with Crippen molar-refractivity contribution >= 4 is 0 Å². The van der Waals surface area contributed by atoms with E-state index in [0.29, 0.717) is 6.10 Å². The average Bonchev–Trinajstić information content (AvgIpc) is 2.72. The van der Waals surface area contributed by atoms with Crippen molar-refractivity contribution in [1.29, 1.82) is 0 Å². The van der Waals surface area contributed by atoms with Gasteiger partial charge in [-0.3, -0.25) is 4.98 Å². The number of ether oxygens (including phenoxy) is 1. The van der Waals surface area contributed by atoms with Crippen molar-refractivity contribution in [1.82, 2.24) is 10.3 Å². The fourth-order valence-electron chi connectivity index (χ4n) is 1.67. The second kappa shape index (κ2) is 5.08. The van der Waals surface area contributed by atoms with Crippen LogP contribution in [0.4, 0.5) is 0 Å². The molecule has 1 fully saturated rings. The lowest BCUT2D eigenvalue weighted by atomic mass is 10.2. The zero-order valence-electron chi connectivity index (χ0n) is 8.28. The molecular weight excluding hydrogens is 176 g/mol. The number of nitrogens with one attached hydrogen (secondary N) is 1. The molecular formula is C11H16N2O. The van der Waals surface area contributed by atoms with E-state index in [2.05, 4.69) is 10.3 Å². The Kier molecular flexibility index (Phi) is 3.49. The molecule has 2 heterocycles. The SMILES string of the molecule is c1ccc(CNC[C@@H]2CCCO2)nc1. The molecule has 3 nitrogen and oxygen atoms in total. The highest BCUT2D eigenvalue weighted by molar-refractivity contribution is 5.02. The van der Waals surface area contributed by atoms with Gasteiger partial charge in [-0.05, 0) is 25.0 Å². The van der Waals surface area contributed by atoms with Crippen LogP contribution in [-0.2, 0) is 11.3 Å². The van der Waals surface area contributed by atoms with Crippen LogP contribution in [0.5, 0.6) is 0 Å². The summed E-state index contributed by atoms with van der Waals surface area (Å²) in [4.78, 5) is 4.24. The normalized spacial score (nSPS) is 21.3. The van der Waals surface area contributed by atoms with Crippen LogP contribution in [0, 0.1) is 0 Å². The molecule has 0 aromatic carbocycles. The predicted octanol–water partition coefficient (Wildman–Crippen LogP) is 1.35. The zero-order valence-corrected chi connectivity index (χ0v) is 8.28. The molecule has 1 aliphatic rings. The monoisotopic (exact) mass is 192 g/mol. The largest absolute Gasteiger partial charge is 0.377 e. The molecule has 0 aliphatic carbocycles. The Morgan fingerprint density at radius 2 is 2.50 bits per heavy atom. The summed E-state index contributed by atoms with van der Waals surface area (Å²) in [7, 11) is 0. The second-order valence-corrected chi connectivity index (χ2v) is 3.59. The van der Waals surface area contributed by atoms with E-state index in [1.807, 2.05) is 24.4 Å². The first-order valence-electron chi connectivity index (χ1n) is 5.17. The number of aromatic nitrogens is 1. The predicted molar refractivity (Wildman–Crippen MR) is 54.9 cm³/mol. The lowest BCUT2D eigenvalue weighted by molar-refractivity contribution is 0.110. The Labute approximate surface area is 84.5 Å². The van der Waals surface area contributed by atoms with Crippen LogP contribution in [0.3, 0.4) is 0 Å². The molecule has 14 heavy (non-hydrogen) atoms. The maximum Gasteiger partial charge on any atom is 0.0700 e. The van der Waals surface area contributed by atoms with Crippen LogP contribution in [0.25, 0.3) is 0 Å². The Morgan fingerprint density at radius 1 is 1.50 bits per heavy atom. The van der Waals surface area contributed by atoms with Gasteiger partial charge in [-0.1, -0.05) is 6.07 Å². The van der Waals surface area contributed by atoms with Crippen molar-refractivity contribution in [2.75, 3.05) is 13.2 Å². The van der Waals surface area contributed by atoms with Crippen LogP contribution in [0.15, 0.2) is 24.4 Å². The molecule has 1 aromatic rings. The van der Waals surface area contributed by atoms with Gasteiger partial charge in [0.1, 0.15) is 0 Å². The fraction of sp³-hybridized carbons (Fsp3) is 0.545. The summed E-state index contributed by atoms with van der Waals surface area (Å²) < 4.78 is 5.51. The minimum absolute atomic E-state index is 0.415. The number of rotatable bonds is 4. The summed E-state index contributed by atoms with van der Waals surface area (Å²) in [5, 5.41) is 3.36. The summed E-state index contributed by atoms with van der Waals surface area (Å²) in [6.45, 7) is 2.70. The number of pyridine rings is 1. The molecule has 1 aliphatic heterocycles. The van der Waals surface area contributed by atoms with Gasteiger partial charge in [-0.15, -0.1) is 0 Å². The first kappa shape index (κ1) is 9.62. The van der Waals surface area contributed by atoms with E-state index >= 15 is 0 Å². The van der Waals surface area contributed by atoms with Crippen molar-refractivity contribution < 1.29 is 4.74 Å². The topological polar surface area (TPSA) is 34.1 Å². The molecule has 0 spiro atoms. The van der Waals surface area contributed by atoms with Gasteiger partial charge in [-0.25, -0.2) is 0 Å².